The molecule has 5 nitrogen and oxygen atoms in total. The lowest BCUT2D eigenvalue weighted by atomic mass is 10.3. The molecule has 0 aliphatic heterocycles. The number of aliphatic imine (C=N–C) groups is 1. The number of ether oxygens (including phenoxy) is 2. The van der Waals surface area contributed by atoms with Gasteiger partial charge in [0.05, 0.1) is 13.7 Å². The highest BCUT2D eigenvalue weighted by Gasteiger charge is 2.17. The number of isocyanates is 1. The van der Waals surface area contributed by atoms with Crippen LogP contribution in [-0.4, -0.2) is 38.9 Å². The van der Waals surface area contributed by atoms with Crippen molar-refractivity contribution in [3.05, 3.63) is 0 Å². The molecule has 0 aliphatic carbocycles. The van der Waals surface area contributed by atoms with Crippen LogP contribution in [0.15, 0.2) is 4.99 Å². The fourth-order valence-corrected chi connectivity index (χ4v) is 0.516. The second-order valence-corrected chi connectivity index (χ2v) is 1.71. The second-order valence-electron chi connectivity index (χ2n) is 1.71. The molecule has 0 bridgehead atoms. The third kappa shape index (κ3) is 3.50. The van der Waals surface area contributed by atoms with Crippen molar-refractivity contribution >= 4 is 12.0 Å². The van der Waals surface area contributed by atoms with E-state index in [4.69, 9.17) is 0 Å². The number of methoxy groups -OCH3 is 2. The lowest BCUT2D eigenvalue weighted by Crippen LogP contribution is -2.24. The highest BCUT2D eigenvalue weighted by molar-refractivity contribution is 5.76. The lowest BCUT2D eigenvalue weighted by Gasteiger charge is -2.05. The zero-order chi connectivity index (χ0) is 8.69. The molecule has 1 atom stereocenters. The predicted molar refractivity (Wildman–Crippen MR) is 35.8 cm³/mol. The van der Waals surface area contributed by atoms with E-state index in [-0.39, 0.29) is 6.61 Å². The van der Waals surface area contributed by atoms with Crippen molar-refractivity contribution in [3.63, 3.8) is 0 Å². The Labute approximate surface area is 64.0 Å². The van der Waals surface area contributed by atoms with Crippen molar-refractivity contribution in [2.75, 3.05) is 20.8 Å². The van der Waals surface area contributed by atoms with Crippen molar-refractivity contribution < 1.29 is 19.1 Å². The Hall–Kier alpha value is -1.19. The van der Waals surface area contributed by atoms with Gasteiger partial charge in [-0.2, -0.15) is 4.99 Å². The first-order valence-corrected chi connectivity index (χ1v) is 2.90. The van der Waals surface area contributed by atoms with Gasteiger partial charge in [-0.15, -0.1) is 0 Å². The summed E-state index contributed by atoms with van der Waals surface area (Å²) in [5.74, 6) is -0.602. The first-order valence-electron chi connectivity index (χ1n) is 2.90. The van der Waals surface area contributed by atoms with E-state index in [1.54, 1.807) is 0 Å². The highest BCUT2D eigenvalue weighted by atomic mass is 16.5. The van der Waals surface area contributed by atoms with Crippen molar-refractivity contribution in [1.29, 1.82) is 0 Å². The van der Waals surface area contributed by atoms with E-state index in [1.807, 2.05) is 0 Å². The fourth-order valence-electron chi connectivity index (χ4n) is 0.516. The number of hydrogen-bond acceptors (Lipinski definition) is 5. The number of carbonyl (C=O) groups excluding carboxylic acids is 2. The maximum atomic E-state index is 10.7. The minimum absolute atomic E-state index is 0.0297. The highest BCUT2D eigenvalue weighted by Crippen LogP contribution is 1.93. The maximum Gasteiger partial charge on any atom is 0.333 e. The quantitative estimate of drug-likeness (QED) is 0.315. The molecule has 0 N–H and O–H groups in total. The monoisotopic (exact) mass is 159 g/mol. The maximum absolute atomic E-state index is 10.7. The van der Waals surface area contributed by atoms with E-state index in [0.29, 0.717) is 0 Å². The van der Waals surface area contributed by atoms with Gasteiger partial charge in [-0.25, -0.2) is 9.59 Å². The lowest BCUT2D eigenvalue weighted by molar-refractivity contribution is -0.143. The predicted octanol–water partition coefficient (Wildman–Crippen LogP) is -0.490. The van der Waals surface area contributed by atoms with Crippen LogP contribution in [0.5, 0.6) is 0 Å². The SMILES string of the molecule is COCC(N=C=O)C(=O)OC. The summed E-state index contributed by atoms with van der Waals surface area (Å²) in [5, 5.41) is 0. The molecule has 0 aromatic heterocycles. The van der Waals surface area contributed by atoms with Crippen molar-refractivity contribution in [2.45, 2.75) is 6.04 Å². The summed E-state index contributed by atoms with van der Waals surface area (Å²) in [6.07, 6.45) is 1.26. The van der Waals surface area contributed by atoms with Crippen LogP contribution in [-0.2, 0) is 19.1 Å². The van der Waals surface area contributed by atoms with Gasteiger partial charge in [0.2, 0.25) is 6.08 Å². The molecule has 0 aromatic carbocycles. The van der Waals surface area contributed by atoms with Gasteiger partial charge in [0, 0.05) is 7.11 Å². The number of rotatable bonds is 4. The number of nitrogens with zero attached hydrogens (tertiary/aromatic N) is 1. The van der Waals surface area contributed by atoms with Crippen LogP contribution in [0.2, 0.25) is 0 Å². The van der Waals surface area contributed by atoms with Crippen molar-refractivity contribution in [1.82, 2.24) is 0 Å². The molecule has 1 unspecified atom stereocenters. The van der Waals surface area contributed by atoms with E-state index in [1.165, 1.54) is 20.3 Å². The van der Waals surface area contributed by atoms with Crippen molar-refractivity contribution in [3.8, 4) is 0 Å². The molecular weight excluding hydrogens is 150 g/mol. The van der Waals surface area contributed by atoms with Gasteiger partial charge in [0.25, 0.3) is 0 Å². The van der Waals surface area contributed by atoms with Crippen LogP contribution < -0.4 is 0 Å². The molecule has 0 radical (unpaired) electrons. The zero-order valence-electron chi connectivity index (χ0n) is 6.36. The Balaban J connectivity index is 4.08. The second kappa shape index (κ2) is 5.58. The first kappa shape index (κ1) is 9.81. The molecule has 0 fully saturated rings. The van der Waals surface area contributed by atoms with E-state index in [9.17, 15) is 9.59 Å². The Morgan fingerprint density at radius 1 is 1.64 bits per heavy atom. The molecule has 0 aromatic rings. The summed E-state index contributed by atoms with van der Waals surface area (Å²) in [4.78, 5) is 23.7. The van der Waals surface area contributed by atoms with Gasteiger partial charge in [0.15, 0.2) is 6.04 Å². The van der Waals surface area contributed by atoms with Crippen LogP contribution in [0.25, 0.3) is 0 Å². The molecule has 11 heavy (non-hydrogen) atoms. The molecule has 0 heterocycles. The Morgan fingerprint density at radius 3 is 2.64 bits per heavy atom. The van der Waals surface area contributed by atoms with Crippen LogP contribution >= 0.6 is 0 Å². The average Bonchev–Trinajstić information content (AvgIpc) is 2.03. The molecule has 5 heteroatoms. The summed E-state index contributed by atoms with van der Waals surface area (Å²) < 4.78 is 8.93. The molecule has 0 saturated carbocycles. The summed E-state index contributed by atoms with van der Waals surface area (Å²) in [6.45, 7) is 0.0297. The van der Waals surface area contributed by atoms with Crippen LogP contribution in [0.3, 0.4) is 0 Å². The largest absolute Gasteiger partial charge is 0.467 e. The fraction of sp³-hybridized carbons (Fsp3) is 0.667. The van der Waals surface area contributed by atoms with Gasteiger partial charge >= 0.3 is 5.97 Å². The number of esters is 1. The summed E-state index contributed by atoms with van der Waals surface area (Å²) in [6, 6.07) is -0.887. The minimum Gasteiger partial charge on any atom is -0.467 e. The third-order valence-electron chi connectivity index (χ3n) is 1.01. The van der Waals surface area contributed by atoms with Crippen molar-refractivity contribution in [2.24, 2.45) is 4.99 Å². The first-order chi connectivity index (χ1) is 5.26. The standard InChI is InChI=1S/C6H9NO4/c1-10-3-5(7-4-8)6(9)11-2/h5H,3H2,1-2H3. The van der Waals surface area contributed by atoms with E-state index in [0.717, 1.165) is 0 Å². The van der Waals surface area contributed by atoms with E-state index >= 15 is 0 Å². The van der Waals surface area contributed by atoms with Gasteiger partial charge in [-0.3, -0.25) is 0 Å². The van der Waals surface area contributed by atoms with Gasteiger partial charge < -0.3 is 9.47 Å². The zero-order valence-corrected chi connectivity index (χ0v) is 6.36. The Kier molecular flexibility index (Phi) is 4.98. The molecule has 0 aliphatic rings. The van der Waals surface area contributed by atoms with E-state index < -0.39 is 12.0 Å². The minimum atomic E-state index is -0.887. The van der Waals surface area contributed by atoms with Crippen LogP contribution in [0.4, 0.5) is 0 Å². The Bertz CT molecular complexity index is 173. The number of hydrogen-bond donors (Lipinski definition) is 0. The average molecular weight is 159 g/mol. The molecule has 0 rings (SSSR count). The Morgan fingerprint density at radius 2 is 2.27 bits per heavy atom. The number of carbonyl (C=O) groups is 1. The van der Waals surface area contributed by atoms with Gasteiger partial charge in [0.1, 0.15) is 0 Å². The molecule has 0 amide bonds. The topological polar surface area (TPSA) is 65.0 Å². The molecule has 62 valence electrons. The van der Waals surface area contributed by atoms with Gasteiger partial charge in [-0.05, 0) is 0 Å². The smallest absolute Gasteiger partial charge is 0.333 e. The van der Waals surface area contributed by atoms with Crippen LogP contribution in [0.1, 0.15) is 0 Å². The van der Waals surface area contributed by atoms with Crippen LogP contribution in [0, 0.1) is 0 Å². The molecular formula is C6H9NO4. The summed E-state index contributed by atoms with van der Waals surface area (Å²) >= 11 is 0. The van der Waals surface area contributed by atoms with E-state index in [2.05, 4.69) is 14.5 Å². The molecule has 0 spiro atoms. The molecule has 0 saturated heterocycles. The van der Waals surface area contributed by atoms with Gasteiger partial charge in [-0.1, -0.05) is 0 Å². The third-order valence-corrected chi connectivity index (χ3v) is 1.01. The summed E-state index contributed by atoms with van der Waals surface area (Å²) in [7, 11) is 2.61. The normalized spacial score (nSPS) is 11.5. The summed E-state index contributed by atoms with van der Waals surface area (Å²) in [5.41, 5.74) is 0.